The molecule has 1 saturated heterocycles. The summed E-state index contributed by atoms with van der Waals surface area (Å²) in [5.41, 5.74) is 1.18. The summed E-state index contributed by atoms with van der Waals surface area (Å²) >= 11 is 1.52. The van der Waals surface area contributed by atoms with Crippen molar-refractivity contribution < 1.29 is 4.79 Å². The van der Waals surface area contributed by atoms with E-state index in [0.29, 0.717) is 11.7 Å². The Morgan fingerprint density at radius 3 is 2.96 bits per heavy atom. The Morgan fingerprint density at radius 2 is 2.19 bits per heavy atom. The lowest BCUT2D eigenvalue weighted by Gasteiger charge is -2.22. The number of nitrogens with one attached hydrogen (secondary N) is 2. The van der Waals surface area contributed by atoms with Gasteiger partial charge in [-0.15, -0.1) is 0 Å². The minimum absolute atomic E-state index is 0.203. The summed E-state index contributed by atoms with van der Waals surface area (Å²) in [4.78, 5) is 18.0. The summed E-state index contributed by atoms with van der Waals surface area (Å²) in [5.74, 6) is -0.203. The highest BCUT2D eigenvalue weighted by Gasteiger charge is 2.18. The number of benzene rings is 1. The summed E-state index contributed by atoms with van der Waals surface area (Å²) in [6, 6.07) is 9.81. The van der Waals surface area contributed by atoms with Crippen LogP contribution >= 0.6 is 11.8 Å². The highest BCUT2D eigenvalue weighted by molar-refractivity contribution is 7.99. The van der Waals surface area contributed by atoms with Gasteiger partial charge in [-0.1, -0.05) is 12.1 Å². The molecule has 0 spiro atoms. The second kappa shape index (κ2) is 7.98. The van der Waals surface area contributed by atoms with Crippen molar-refractivity contribution in [3.8, 4) is 0 Å². The average molecular weight is 382 g/mol. The molecule has 140 valence electrons. The molecule has 4 rings (SSSR count). The fourth-order valence-electron chi connectivity index (χ4n) is 3.12. The van der Waals surface area contributed by atoms with E-state index in [1.807, 2.05) is 53.0 Å². The minimum atomic E-state index is -0.203. The third kappa shape index (κ3) is 4.06. The van der Waals surface area contributed by atoms with Gasteiger partial charge in [0.1, 0.15) is 0 Å². The van der Waals surface area contributed by atoms with E-state index >= 15 is 0 Å². The largest absolute Gasteiger partial charge is 0.329 e. The van der Waals surface area contributed by atoms with E-state index < -0.39 is 0 Å². The van der Waals surface area contributed by atoms with Gasteiger partial charge in [0.15, 0.2) is 10.9 Å². The van der Waals surface area contributed by atoms with Crippen molar-refractivity contribution in [2.75, 3.05) is 18.4 Å². The molecule has 1 unspecified atom stereocenters. The number of aromatic nitrogens is 4. The molecule has 27 heavy (non-hydrogen) atoms. The van der Waals surface area contributed by atoms with Gasteiger partial charge >= 0.3 is 0 Å². The number of para-hydroxylation sites is 1. The molecule has 1 atom stereocenters. The third-order valence-corrected chi connectivity index (χ3v) is 5.75. The van der Waals surface area contributed by atoms with Gasteiger partial charge in [-0.3, -0.25) is 9.48 Å². The lowest BCUT2D eigenvalue weighted by atomic mass is 10.1. The predicted molar refractivity (Wildman–Crippen MR) is 105 cm³/mol. The van der Waals surface area contributed by atoms with Crippen LogP contribution in [0.4, 0.5) is 5.69 Å². The SMILES string of the molecule is Cn1ccnc1Sc1ccccc1NC(=O)c1ccn(C2CCCNC2)n1. The van der Waals surface area contributed by atoms with Crippen molar-refractivity contribution in [1.29, 1.82) is 0 Å². The van der Waals surface area contributed by atoms with Gasteiger partial charge in [0.05, 0.1) is 11.7 Å². The van der Waals surface area contributed by atoms with E-state index in [2.05, 4.69) is 20.7 Å². The molecule has 2 aromatic heterocycles. The number of carbonyl (C=O) groups is 1. The number of carbonyl (C=O) groups excluding carboxylic acids is 1. The van der Waals surface area contributed by atoms with Crippen LogP contribution in [-0.4, -0.2) is 38.3 Å². The summed E-state index contributed by atoms with van der Waals surface area (Å²) in [5, 5.41) is 11.7. The maximum atomic E-state index is 12.7. The molecule has 8 heteroatoms. The Kier molecular flexibility index (Phi) is 5.26. The number of hydrogen-bond donors (Lipinski definition) is 2. The van der Waals surface area contributed by atoms with Crippen molar-refractivity contribution in [2.45, 2.75) is 28.9 Å². The highest BCUT2D eigenvalue weighted by Crippen LogP contribution is 2.32. The van der Waals surface area contributed by atoms with Crippen molar-refractivity contribution in [3.63, 3.8) is 0 Å². The Balaban J connectivity index is 1.48. The van der Waals surface area contributed by atoms with Gasteiger partial charge in [-0.25, -0.2) is 4.98 Å². The van der Waals surface area contributed by atoms with Crippen molar-refractivity contribution in [3.05, 3.63) is 54.6 Å². The van der Waals surface area contributed by atoms with E-state index in [9.17, 15) is 4.79 Å². The summed E-state index contributed by atoms with van der Waals surface area (Å²) < 4.78 is 3.85. The number of aryl methyl sites for hydroxylation is 1. The van der Waals surface area contributed by atoms with Crippen LogP contribution in [0.1, 0.15) is 29.4 Å². The summed E-state index contributed by atoms with van der Waals surface area (Å²) in [6.07, 6.45) is 7.76. The van der Waals surface area contributed by atoms with Crippen molar-refractivity contribution >= 4 is 23.4 Å². The molecule has 1 aromatic carbocycles. The number of piperidine rings is 1. The Labute approximate surface area is 162 Å². The normalized spacial score (nSPS) is 17.0. The molecule has 0 radical (unpaired) electrons. The highest BCUT2D eigenvalue weighted by atomic mass is 32.2. The first-order valence-electron chi connectivity index (χ1n) is 9.02. The minimum Gasteiger partial charge on any atom is -0.329 e. The zero-order valence-electron chi connectivity index (χ0n) is 15.1. The molecule has 0 saturated carbocycles. The van der Waals surface area contributed by atoms with Crippen LogP contribution < -0.4 is 10.6 Å². The molecule has 3 aromatic rings. The first-order chi connectivity index (χ1) is 13.2. The molecule has 1 aliphatic heterocycles. The maximum absolute atomic E-state index is 12.7. The Bertz CT molecular complexity index is 928. The van der Waals surface area contributed by atoms with Gasteiger partial charge in [0, 0.05) is 37.1 Å². The molecular weight excluding hydrogens is 360 g/mol. The standard InChI is InChI=1S/C19H22N6OS/c1-24-12-10-21-19(24)27-17-7-3-2-6-15(17)22-18(26)16-8-11-25(23-16)14-5-4-9-20-13-14/h2-3,6-8,10-12,14,20H,4-5,9,13H2,1H3,(H,22,26). The lowest BCUT2D eigenvalue weighted by Crippen LogP contribution is -2.32. The van der Waals surface area contributed by atoms with Crippen molar-refractivity contribution in [2.24, 2.45) is 7.05 Å². The van der Waals surface area contributed by atoms with E-state index in [-0.39, 0.29) is 5.91 Å². The molecule has 0 aliphatic carbocycles. The fraction of sp³-hybridized carbons (Fsp3) is 0.316. The van der Waals surface area contributed by atoms with Gasteiger partial charge < -0.3 is 15.2 Å². The maximum Gasteiger partial charge on any atom is 0.276 e. The third-order valence-electron chi connectivity index (χ3n) is 4.60. The molecule has 1 aliphatic rings. The van der Waals surface area contributed by atoms with E-state index in [1.54, 1.807) is 12.3 Å². The first-order valence-corrected chi connectivity index (χ1v) is 9.84. The van der Waals surface area contributed by atoms with Crippen LogP contribution in [0.3, 0.4) is 0 Å². The smallest absolute Gasteiger partial charge is 0.276 e. The number of amides is 1. The molecule has 7 nitrogen and oxygen atoms in total. The van der Waals surface area contributed by atoms with E-state index in [4.69, 9.17) is 0 Å². The molecule has 0 bridgehead atoms. The second-order valence-corrected chi connectivity index (χ2v) is 7.56. The second-order valence-electron chi connectivity index (χ2n) is 6.55. The average Bonchev–Trinajstić information content (AvgIpc) is 3.34. The zero-order chi connectivity index (χ0) is 18.6. The Hall–Kier alpha value is -2.58. The number of imidazole rings is 1. The van der Waals surface area contributed by atoms with Crippen LogP contribution in [0.2, 0.25) is 0 Å². The van der Waals surface area contributed by atoms with Crippen LogP contribution in [0, 0.1) is 0 Å². The molecule has 2 N–H and O–H groups in total. The number of anilines is 1. The quantitative estimate of drug-likeness (QED) is 0.709. The number of rotatable bonds is 5. The Morgan fingerprint density at radius 1 is 1.30 bits per heavy atom. The monoisotopic (exact) mass is 382 g/mol. The van der Waals surface area contributed by atoms with E-state index in [1.165, 1.54) is 11.8 Å². The molecular formula is C19H22N6OS. The van der Waals surface area contributed by atoms with Crippen LogP contribution in [0.15, 0.2) is 59.0 Å². The van der Waals surface area contributed by atoms with Gasteiger partial charge in [0.2, 0.25) is 0 Å². The molecule has 1 amide bonds. The van der Waals surface area contributed by atoms with Crippen LogP contribution in [0.25, 0.3) is 0 Å². The first kappa shape index (κ1) is 17.8. The summed E-state index contributed by atoms with van der Waals surface area (Å²) in [6.45, 7) is 1.95. The molecule has 3 heterocycles. The number of nitrogens with zero attached hydrogens (tertiary/aromatic N) is 4. The van der Waals surface area contributed by atoms with E-state index in [0.717, 1.165) is 41.7 Å². The van der Waals surface area contributed by atoms with Crippen LogP contribution in [-0.2, 0) is 7.05 Å². The van der Waals surface area contributed by atoms with Gasteiger partial charge in [-0.2, -0.15) is 5.10 Å². The van der Waals surface area contributed by atoms with Crippen LogP contribution in [0.5, 0.6) is 0 Å². The van der Waals surface area contributed by atoms with Gasteiger partial charge in [-0.05, 0) is 49.3 Å². The predicted octanol–water partition coefficient (Wildman–Crippen LogP) is 2.94. The molecule has 1 fully saturated rings. The van der Waals surface area contributed by atoms with Crippen molar-refractivity contribution in [1.82, 2.24) is 24.6 Å². The lowest BCUT2D eigenvalue weighted by molar-refractivity contribution is 0.102. The fourth-order valence-corrected chi connectivity index (χ4v) is 4.01. The zero-order valence-corrected chi connectivity index (χ0v) is 15.9. The number of hydrogen-bond acceptors (Lipinski definition) is 5. The topological polar surface area (TPSA) is 76.8 Å². The summed E-state index contributed by atoms with van der Waals surface area (Å²) in [7, 11) is 1.95. The van der Waals surface area contributed by atoms with Gasteiger partial charge in [0.25, 0.3) is 5.91 Å².